The molecule has 8 heteroatoms. The van der Waals surface area contributed by atoms with Crippen molar-refractivity contribution in [3.05, 3.63) is 22.0 Å². The summed E-state index contributed by atoms with van der Waals surface area (Å²) in [6.07, 6.45) is 1.56. The number of rotatable bonds is 7. The van der Waals surface area contributed by atoms with Gasteiger partial charge in [-0.2, -0.15) is 5.10 Å². The largest absolute Gasteiger partial charge is 0.383 e. The topological polar surface area (TPSA) is 99.3 Å². The van der Waals surface area contributed by atoms with Crippen LogP contribution in [0.4, 0.5) is 5.69 Å². The lowest BCUT2D eigenvalue weighted by Gasteiger charge is -2.04. The molecule has 0 spiro atoms. The number of carbonyl (C=O) groups is 1. The lowest BCUT2D eigenvalue weighted by Crippen LogP contribution is -2.27. The van der Waals surface area contributed by atoms with E-state index in [1.807, 2.05) is 0 Å². The van der Waals surface area contributed by atoms with E-state index in [0.29, 0.717) is 25.4 Å². The van der Waals surface area contributed by atoms with Crippen molar-refractivity contribution in [2.24, 2.45) is 0 Å². The molecule has 8 nitrogen and oxygen atoms in total. The molecule has 0 fully saturated rings. The zero-order valence-corrected chi connectivity index (χ0v) is 10.4. The molecule has 1 rings (SSSR count). The van der Waals surface area contributed by atoms with Gasteiger partial charge in [0.2, 0.25) is 5.91 Å². The first-order chi connectivity index (χ1) is 8.54. The summed E-state index contributed by atoms with van der Waals surface area (Å²) in [7, 11) is 1.55. The average Bonchev–Trinajstić information content (AvgIpc) is 2.68. The molecule has 0 aliphatic heterocycles. The summed E-state index contributed by atoms with van der Waals surface area (Å²) in [6, 6.07) is 0. The molecular formula is C10H16N4O4. The van der Waals surface area contributed by atoms with Crippen LogP contribution in [0.15, 0.2) is 6.20 Å². The van der Waals surface area contributed by atoms with E-state index in [1.54, 1.807) is 14.0 Å². The molecule has 0 saturated carbocycles. The third-order valence-corrected chi connectivity index (χ3v) is 2.31. The maximum Gasteiger partial charge on any atom is 0.309 e. The van der Waals surface area contributed by atoms with E-state index in [-0.39, 0.29) is 18.0 Å². The van der Waals surface area contributed by atoms with Gasteiger partial charge in [-0.05, 0) is 6.92 Å². The number of aromatic nitrogens is 2. The highest BCUT2D eigenvalue weighted by Crippen LogP contribution is 2.14. The summed E-state index contributed by atoms with van der Waals surface area (Å²) < 4.78 is 6.20. The van der Waals surface area contributed by atoms with Crippen LogP contribution >= 0.6 is 0 Å². The first-order valence-electron chi connectivity index (χ1n) is 5.48. The van der Waals surface area contributed by atoms with Crippen molar-refractivity contribution in [2.45, 2.75) is 19.9 Å². The number of methoxy groups -OCH3 is 1. The lowest BCUT2D eigenvalue weighted by molar-refractivity contribution is -0.385. The third kappa shape index (κ3) is 4.13. The van der Waals surface area contributed by atoms with Crippen LogP contribution in [0.2, 0.25) is 0 Å². The minimum atomic E-state index is -0.489. The van der Waals surface area contributed by atoms with E-state index in [9.17, 15) is 14.9 Å². The van der Waals surface area contributed by atoms with E-state index < -0.39 is 4.92 Å². The number of hydrogen-bond acceptors (Lipinski definition) is 5. The molecule has 0 aromatic carbocycles. The van der Waals surface area contributed by atoms with Crippen LogP contribution in [-0.2, 0) is 16.1 Å². The van der Waals surface area contributed by atoms with Gasteiger partial charge in [0.15, 0.2) is 0 Å². The molecule has 0 bridgehead atoms. The number of nitro groups is 1. The number of carbonyl (C=O) groups excluding carboxylic acids is 1. The molecular weight excluding hydrogens is 240 g/mol. The molecule has 1 amide bonds. The summed E-state index contributed by atoms with van der Waals surface area (Å²) in [5.41, 5.74) is 0.314. The van der Waals surface area contributed by atoms with Crippen LogP contribution in [0.3, 0.4) is 0 Å². The first kappa shape index (κ1) is 14.1. The molecule has 0 radical (unpaired) electrons. The van der Waals surface area contributed by atoms with Gasteiger partial charge in [-0.25, -0.2) is 0 Å². The number of aryl methyl sites for hydroxylation is 2. The highest BCUT2D eigenvalue weighted by molar-refractivity contribution is 5.75. The Morgan fingerprint density at radius 2 is 2.39 bits per heavy atom. The molecule has 0 aliphatic rings. The second-order valence-electron chi connectivity index (χ2n) is 3.71. The zero-order chi connectivity index (χ0) is 13.5. The molecule has 0 atom stereocenters. The molecule has 1 heterocycles. The first-order valence-corrected chi connectivity index (χ1v) is 5.48. The summed E-state index contributed by atoms with van der Waals surface area (Å²) in [5.74, 6) is -0.136. The molecule has 18 heavy (non-hydrogen) atoms. The Morgan fingerprint density at radius 3 is 2.94 bits per heavy atom. The SMILES string of the molecule is COCCNC(=O)CCn1cc([N+](=O)[O-])c(C)n1. The average molecular weight is 256 g/mol. The summed E-state index contributed by atoms with van der Waals surface area (Å²) in [4.78, 5) is 21.5. The summed E-state index contributed by atoms with van der Waals surface area (Å²) in [5, 5.41) is 17.2. The van der Waals surface area contributed by atoms with E-state index >= 15 is 0 Å². The van der Waals surface area contributed by atoms with E-state index in [0.717, 1.165) is 0 Å². The maximum absolute atomic E-state index is 11.4. The Balaban J connectivity index is 2.41. The van der Waals surface area contributed by atoms with Crippen LogP contribution in [0.1, 0.15) is 12.1 Å². The molecule has 1 aromatic heterocycles. The fraction of sp³-hybridized carbons (Fsp3) is 0.600. The highest BCUT2D eigenvalue weighted by atomic mass is 16.6. The van der Waals surface area contributed by atoms with E-state index in [1.165, 1.54) is 10.9 Å². The van der Waals surface area contributed by atoms with E-state index in [4.69, 9.17) is 4.74 Å². The van der Waals surface area contributed by atoms with Crippen LogP contribution in [0.5, 0.6) is 0 Å². The van der Waals surface area contributed by atoms with Crippen molar-refractivity contribution < 1.29 is 14.5 Å². The second kappa shape index (κ2) is 6.70. The van der Waals surface area contributed by atoms with E-state index in [2.05, 4.69) is 10.4 Å². The molecule has 0 unspecified atom stereocenters. The number of nitrogens with zero attached hydrogens (tertiary/aromatic N) is 3. The lowest BCUT2D eigenvalue weighted by atomic mass is 10.4. The molecule has 0 saturated heterocycles. The predicted molar refractivity (Wildman–Crippen MR) is 63.1 cm³/mol. The predicted octanol–water partition coefficient (Wildman–Crippen LogP) is 0.252. The van der Waals surface area contributed by atoms with Crippen molar-refractivity contribution in [1.29, 1.82) is 0 Å². The minimum absolute atomic E-state index is 0.0326. The Bertz CT molecular complexity index is 430. The van der Waals surface area contributed by atoms with Crippen LogP contribution in [0, 0.1) is 17.0 Å². The fourth-order valence-corrected chi connectivity index (χ4v) is 1.40. The van der Waals surface area contributed by atoms with Gasteiger partial charge >= 0.3 is 5.69 Å². The highest BCUT2D eigenvalue weighted by Gasteiger charge is 2.15. The normalized spacial score (nSPS) is 10.3. The Kier molecular flexibility index (Phi) is 5.25. The van der Waals surface area contributed by atoms with Crippen molar-refractivity contribution in [3.63, 3.8) is 0 Å². The number of nitrogens with one attached hydrogen (secondary N) is 1. The summed E-state index contributed by atoms with van der Waals surface area (Å²) >= 11 is 0. The fourth-order valence-electron chi connectivity index (χ4n) is 1.40. The molecule has 1 aromatic rings. The quantitative estimate of drug-likeness (QED) is 0.428. The standard InChI is InChI=1S/C10H16N4O4/c1-8-9(14(16)17)7-13(12-8)5-3-10(15)11-4-6-18-2/h7H,3-6H2,1-2H3,(H,11,15). The van der Waals surface area contributed by atoms with Crippen molar-refractivity contribution in [1.82, 2.24) is 15.1 Å². The van der Waals surface area contributed by atoms with Crippen molar-refractivity contribution >= 4 is 11.6 Å². The second-order valence-corrected chi connectivity index (χ2v) is 3.71. The Hall–Kier alpha value is -1.96. The van der Waals surface area contributed by atoms with Crippen LogP contribution in [0.25, 0.3) is 0 Å². The summed E-state index contributed by atoms with van der Waals surface area (Å²) in [6.45, 7) is 2.78. The Morgan fingerprint density at radius 1 is 1.67 bits per heavy atom. The van der Waals surface area contributed by atoms with Crippen LogP contribution in [-0.4, -0.2) is 40.9 Å². The Labute approximate surface area is 104 Å². The van der Waals surface area contributed by atoms with Gasteiger partial charge in [0.1, 0.15) is 11.9 Å². The number of amides is 1. The molecule has 0 aliphatic carbocycles. The molecule has 100 valence electrons. The van der Waals surface area contributed by atoms with Gasteiger partial charge in [-0.15, -0.1) is 0 Å². The minimum Gasteiger partial charge on any atom is -0.383 e. The van der Waals surface area contributed by atoms with Crippen molar-refractivity contribution in [2.75, 3.05) is 20.3 Å². The molecule has 1 N–H and O–H groups in total. The third-order valence-electron chi connectivity index (χ3n) is 2.31. The maximum atomic E-state index is 11.4. The van der Waals surface area contributed by atoms with Gasteiger partial charge < -0.3 is 10.1 Å². The van der Waals surface area contributed by atoms with Gasteiger partial charge in [0.25, 0.3) is 0 Å². The number of hydrogen-bond donors (Lipinski definition) is 1. The smallest absolute Gasteiger partial charge is 0.309 e. The van der Waals surface area contributed by atoms with Gasteiger partial charge in [-0.3, -0.25) is 19.6 Å². The monoisotopic (exact) mass is 256 g/mol. The van der Waals surface area contributed by atoms with Crippen LogP contribution < -0.4 is 5.32 Å². The number of ether oxygens (including phenoxy) is 1. The van der Waals surface area contributed by atoms with Gasteiger partial charge in [0, 0.05) is 26.6 Å². The zero-order valence-electron chi connectivity index (χ0n) is 10.4. The van der Waals surface area contributed by atoms with Crippen molar-refractivity contribution in [3.8, 4) is 0 Å². The van der Waals surface area contributed by atoms with Gasteiger partial charge in [0.05, 0.1) is 11.5 Å². The van der Waals surface area contributed by atoms with Gasteiger partial charge in [-0.1, -0.05) is 0 Å².